The Kier molecular flexibility index (Phi) is 9.83. The lowest BCUT2D eigenvalue weighted by molar-refractivity contribution is -0.137. The molecule has 174 valence electrons. The van der Waals surface area contributed by atoms with Crippen molar-refractivity contribution in [1.29, 1.82) is 5.26 Å². The maximum atomic E-state index is 10.6. The van der Waals surface area contributed by atoms with Gasteiger partial charge in [-0.1, -0.05) is 13.5 Å². The Morgan fingerprint density at radius 2 is 2.15 bits per heavy atom. The molecule has 0 spiro atoms. The van der Waals surface area contributed by atoms with Crippen LogP contribution in [0.3, 0.4) is 0 Å². The third-order valence-electron chi connectivity index (χ3n) is 4.53. The normalized spacial score (nSPS) is 11.9. The van der Waals surface area contributed by atoms with Crippen LogP contribution in [-0.4, -0.2) is 33.1 Å². The second-order valence-electron chi connectivity index (χ2n) is 7.46. The minimum Gasteiger partial charge on any atom is -0.494 e. The second-order valence-corrected chi connectivity index (χ2v) is 8.21. The number of ether oxygens (including phenoxy) is 2. The zero-order valence-electron chi connectivity index (χ0n) is 19.4. The van der Waals surface area contributed by atoms with Crippen molar-refractivity contribution in [3.05, 3.63) is 59.7 Å². The predicted molar refractivity (Wildman–Crippen MR) is 130 cm³/mol. The second kappa shape index (κ2) is 12.6. The summed E-state index contributed by atoms with van der Waals surface area (Å²) in [7, 11) is 0. The van der Waals surface area contributed by atoms with Gasteiger partial charge in [-0.05, 0) is 81.1 Å². The van der Waals surface area contributed by atoms with E-state index >= 15 is 0 Å². The van der Waals surface area contributed by atoms with Gasteiger partial charge < -0.3 is 14.6 Å². The van der Waals surface area contributed by atoms with Crippen LogP contribution in [0.5, 0.6) is 5.75 Å². The van der Waals surface area contributed by atoms with Gasteiger partial charge in [-0.15, -0.1) is 0 Å². The smallest absolute Gasteiger partial charge is 0.303 e. The van der Waals surface area contributed by atoms with Gasteiger partial charge in [-0.2, -0.15) is 9.64 Å². The number of carbonyl (C=O) groups is 1. The first kappa shape index (κ1) is 25.8. The van der Waals surface area contributed by atoms with Crippen molar-refractivity contribution in [2.24, 2.45) is 0 Å². The maximum Gasteiger partial charge on any atom is 0.303 e. The average molecular weight is 468 g/mol. The van der Waals surface area contributed by atoms with E-state index in [2.05, 4.69) is 22.0 Å². The highest BCUT2D eigenvalue weighted by Gasteiger charge is 2.14. The largest absolute Gasteiger partial charge is 0.494 e. The van der Waals surface area contributed by atoms with Crippen LogP contribution < -0.4 is 4.74 Å². The summed E-state index contributed by atoms with van der Waals surface area (Å²) in [5.41, 5.74) is 2.89. The van der Waals surface area contributed by atoms with Crippen LogP contribution in [0, 0.1) is 11.3 Å². The zero-order valence-corrected chi connectivity index (χ0v) is 20.2. The fraction of sp³-hybridized carbons (Fsp3) is 0.360. The van der Waals surface area contributed by atoms with E-state index in [1.54, 1.807) is 12.2 Å². The Morgan fingerprint density at radius 3 is 2.76 bits per heavy atom. The number of nitriles is 1. The summed E-state index contributed by atoms with van der Waals surface area (Å²) in [5.74, 6) is 0.818. The van der Waals surface area contributed by atoms with E-state index < -0.39 is 5.97 Å². The quantitative estimate of drug-likeness (QED) is 0.182. The Balaban J connectivity index is 2.20. The van der Waals surface area contributed by atoms with Crippen LogP contribution in [0.4, 0.5) is 0 Å². The van der Waals surface area contributed by atoms with E-state index in [9.17, 15) is 10.1 Å². The van der Waals surface area contributed by atoms with Gasteiger partial charge in [0, 0.05) is 17.6 Å². The lowest BCUT2D eigenvalue weighted by Crippen LogP contribution is -2.04. The summed E-state index contributed by atoms with van der Waals surface area (Å²) >= 11 is 1.26. The Morgan fingerprint density at radius 1 is 1.39 bits per heavy atom. The van der Waals surface area contributed by atoms with Gasteiger partial charge in [-0.25, -0.2) is 4.98 Å². The van der Waals surface area contributed by atoms with E-state index in [0.717, 1.165) is 22.6 Å². The first-order valence-electron chi connectivity index (χ1n) is 10.7. The molecule has 0 amide bonds. The Hall–Kier alpha value is -3.44. The lowest BCUT2D eigenvalue weighted by Gasteiger charge is -2.12. The van der Waals surface area contributed by atoms with Crippen LogP contribution in [0.15, 0.2) is 48.3 Å². The SMILES string of the molecule is C=C(C=C(C#N)C(=CC)OC(C)C)c1nsc(-c2ccc(OCCCC(=O)O)cc2CC)n1. The van der Waals surface area contributed by atoms with Crippen LogP contribution in [0.1, 0.15) is 51.9 Å². The summed E-state index contributed by atoms with van der Waals surface area (Å²) in [4.78, 5) is 15.3. The molecule has 0 atom stereocenters. The number of hydrogen-bond donors (Lipinski definition) is 1. The summed E-state index contributed by atoms with van der Waals surface area (Å²) in [6, 6.07) is 7.88. The molecule has 0 aliphatic carbocycles. The summed E-state index contributed by atoms with van der Waals surface area (Å²) in [5, 5.41) is 19.0. The van der Waals surface area contributed by atoms with Gasteiger partial charge in [0.1, 0.15) is 22.6 Å². The number of carboxylic acids is 1. The van der Waals surface area contributed by atoms with Gasteiger partial charge in [0.05, 0.1) is 18.3 Å². The molecule has 0 bridgehead atoms. The van der Waals surface area contributed by atoms with E-state index in [1.807, 2.05) is 45.9 Å². The molecule has 0 fully saturated rings. The van der Waals surface area contributed by atoms with Crippen molar-refractivity contribution in [3.8, 4) is 22.4 Å². The van der Waals surface area contributed by atoms with Gasteiger partial charge in [0.15, 0.2) is 5.82 Å². The third-order valence-corrected chi connectivity index (χ3v) is 5.28. The molecule has 1 heterocycles. The first-order chi connectivity index (χ1) is 15.8. The van der Waals surface area contributed by atoms with E-state index in [1.165, 1.54) is 11.5 Å². The van der Waals surface area contributed by atoms with E-state index in [-0.39, 0.29) is 12.5 Å². The topological polar surface area (TPSA) is 105 Å². The molecule has 8 heteroatoms. The minimum absolute atomic E-state index is 0.0539. The van der Waals surface area contributed by atoms with Crippen LogP contribution in [0.25, 0.3) is 16.1 Å². The van der Waals surface area contributed by atoms with Gasteiger partial charge >= 0.3 is 5.97 Å². The number of hydrogen-bond acceptors (Lipinski definition) is 7. The maximum absolute atomic E-state index is 10.6. The highest BCUT2D eigenvalue weighted by Crippen LogP contribution is 2.31. The number of aryl methyl sites for hydroxylation is 1. The summed E-state index contributed by atoms with van der Waals surface area (Å²) in [6.45, 7) is 12.0. The molecule has 0 saturated carbocycles. The molecule has 0 aliphatic heterocycles. The number of rotatable bonds is 12. The third kappa shape index (κ3) is 7.58. The molecular weight excluding hydrogens is 438 g/mol. The minimum atomic E-state index is -0.831. The monoisotopic (exact) mass is 467 g/mol. The molecule has 0 aliphatic rings. The van der Waals surface area contributed by atoms with Crippen LogP contribution in [-0.2, 0) is 16.0 Å². The first-order valence-corrected chi connectivity index (χ1v) is 11.5. The molecule has 7 nitrogen and oxygen atoms in total. The van der Waals surface area contributed by atoms with Crippen molar-refractivity contribution in [2.45, 2.75) is 53.1 Å². The number of allylic oxidation sites excluding steroid dienone is 4. The highest BCUT2D eigenvalue weighted by atomic mass is 32.1. The number of nitrogens with zero attached hydrogens (tertiary/aromatic N) is 3. The fourth-order valence-electron chi connectivity index (χ4n) is 2.98. The molecular formula is C25H29N3O4S. The molecule has 1 N–H and O–H groups in total. The van der Waals surface area contributed by atoms with Crippen LogP contribution >= 0.6 is 11.5 Å². The van der Waals surface area contributed by atoms with E-state index in [0.29, 0.717) is 41.5 Å². The molecule has 2 rings (SSSR count). The highest BCUT2D eigenvalue weighted by molar-refractivity contribution is 7.09. The number of carboxylic acid groups (broad SMARTS) is 1. The molecule has 0 saturated heterocycles. The van der Waals surface area contributed by atoms with Gasteiger partial charge in [0.2, 0.25) is 0 Å². The number of aromatic nitrogens is 2. The number of benzene rings is 1. The van der Waals surface area contributed by atoms with Crippen molar-refractivity contribution in [3.63, 3.8) is 0 Å². The Labute approximate surface area is 198 Å². The Bertz CT molecular complexity index is 1090. The zero-order chi connectivity index (χ0) is 24.4. The molecule has 1 aromatic heterocycles. The lowest BCUT2D eigenvalue weighted by atomic mass is 10.1. The van der Waals surface area contributed by atoms with Crippen LogP contribution in [0.2, 0.25) is 0 Å². The van der Waals surface area contributed by atoms with Crippen molar-refractivity contribution >= 4 is 23.1 Å². The van der Waals surface area contributed by atoms with E-state index in [4.69, 9.17) is 14.6 Å². The molecule has 0 unspecified atom stereocenters. The summed E-state index contributed by atoms with van der Waals surface area (Å²) < 4.78 is 15.8. The fourth-order valence-corrected chi connectivity index (χ4v) is 3.73. The van der Waals surface area contributed by atoms with Gasteiger partial charge in [-0.3, -0.25) is 4.79 Å². The standard InChI is InChI=1S/C25H29N3O4S/c1-6-18-14-20(31-12-8-9-23(29)30)10-11-21(18)25-27-24(28-33-25)17(5)13-19(15-26)22(7-2)32-16(3)4/h7,10-11,13-14,16H,5-6,8-9,12H2,1-4H3,(H,29,30). The predicted octanol–water partition coefficient (Wildman–Crippen LogP) is 5.80. The van der Waals surface area contributed by atoms with Crippen molar-refractivity contribution in [1.82, 2.24) is 9.36 Å². The molecule has 2 aromatic rings. The molecule has 1 aromatic carbocycles. The average Bonchev–Trinajstić information content (AvgIpc) is 3.28. The molecule has 0 radical (unpaired) electrons. The van der Waals surface area contributed by atoms with Crippen molar-refractivity contribution in [2.75, 3.05) is 6.61 Å². The van der Waals surface area contributed by atoms with Crippen molar-refractivity contribution < 1.29 is 19.4 Å². The molecule has 33 heavy (non-hydrogen) atoms. The summed E-state index contributed by atoms with van der Waals surface area (Å²) in [6.07, 6.45) is 4.64. The number of aliphatic carboxylic acids is 1. The van der Waals surface area contributed by atoms with Gasteiger partial charge in [0.25, 0.3) is 0 Å².